The van der Waals surface area contributed by atoms with Crippen molar-refractivity contribution in [3.8, 4) is 0 Å². The lowest BCUT2D eigenvalue weighted by atomic mass is 10.3. The molecule has 3 heteroatoms. The molecule has 0 heterocycles. The quantitative estimate of drug-likeness (QED) is 0.557. The highest BCUT2D eigenvalue weighted by atomic mass is 16.1. The van der Waals surface area contributed by atoms with Crippen LogP contribution in [0.3, 0.4) is 0 Å². The molecular weight excluding hydrogens is 140 g/mol. The van der Waals surface area contributed by atoms with Crippen LogP contribution < -0.4 is 11.1 Å². The van der Waals surface area contributed by atoms with Gasteiger partial charge in [0, 0.05) is 17.7 Å². The number of hydrogen-bond donors (Lipinski definition) is 2. The Balaban J connectivity index is 2.32. The molecule has 0 aliphatic heterocycles. The normalized spacial score (nSPS) is 29.9. The van der Waals surface area contributed by atoms with Crippen molar-refractivity contribution >= 4 is 5.91 Å². The van der Waals surface area contributed by atoms with Crippen LogP contribution in [0.5, 0.6) is 0 Å². The zero-order valence-electron chi connectivity index (χ0n) is 6.92. The van der Waals surface area contributed by atoms with Gasteiger partial charge in [0.2, 0.25) is 5.91 Å². The van der Waals surface area contributed by atoms with E-state index >= 15 is 0 Å². The first-order valence-electron chi connectivity index (χ1n) is 3.84. The minimum Gasteiger partial charge on any atom is -0.348 e. The number of rotatable bonds is 2. The van der Waals surface area contributed by atoms with Crippen molar-refractivity contribution in [1.29, 1.82) is 0 Å². The maximum atomic E-state index is 11.1. The highest BCUT2D eigenvalue weighted by molar-refractivity contribution is 5.93. The molecule has 3 nitrogen and oxygen atoms in total. The smallest absolute Gasteiger partial charge is 0.246 e. The lowest BCUT2D eigenvalue weighted by molar-refractivity contribution is -0.117. The second kappa shape index (κ2) is 3.05. The third-order valence-corrected chi connectivity index (χ3v) is 1.95. The number of amides is 1. The molecule has 0 saturated heterocycles. The Kier molecular flexibility index (Phi) is 2.29. The molecule has 1 saturated carbocycles. The van der Waals surface area contributed by atoms with E-state index in [1.807, 2.05) is 6.92 Å². The largest absolute Gasteiger partial charge is 0.348 e. The van der Waals surface area contributed by atoms with Crippen molar-refractivity contribution in [2.24, 2.45) is 5.73 Å². The maximum Gasteiger partial charge on any atom is 0.246 e. The first-order valence-corrected chi connectivity index (χ1v) is 3.84. The van der Waals surface area contributed by atoms with Crippen LogP contribution >= 0.6 is 0 Å². The van der Waals surface area contributed by atoms with Crippen LogP contribution in [0.15, 0.2) is 11.6 Å². The fourth-order valence-corrected chi connectivity index (χ4v) is 0.794. The van der Waals surface area contributed by atoms with Crippen LogP contribution in [0.4, 0.5) is 0 Å². The number of carbonyl (C=O) groups is 1. The first kappa shape index (κ1) is 8.27. The summed E-state index contributed by atoms with van der Waals surface area (Å²) in [5, 5.41) is 2.82. The maximum absolute atomic E-state index is 11.1. The molecule has 0 aromatic rings. The topological polar surface area (TPSA) is 55.1 Å². The van der Waals surface area contributed by atoms with Gasteiger partial charge in [0.1, 0.15) is 0 Å². The highest BCUT2D eigenvalue weighted by Gasteiger charge is 2.34. The van der Waals surface area contributed by atoms with Gasteiger partial charge < -0.3 is 11.1 Å². The number of carbonyl (C=O) groups excluding carboxylic acids is 1. The minimum atomic E-state index is 0.00505. The van der Waals surface area contributed by atoms with E-state index in [9.17, 15) is 4.79 Å². The zero-order chi connectivity index (χ0) is 8.43. The molecule has 2 atom stereocenters. The van der Waals surface area contributed by atoms with Gasteiger partial charge in [-0.3, -0.25) is 4.79 Å². The molecule has 1 aliphatic carbocycles. The van der Waals surface area contributed by atoms with Crippen molar-refractivity contribution < 1.29 is 4.79 Å². The summed E-state index contributed by atoms with van der Waals surface area (Å²) in [6.07, 6.45) is 2.71. The van der Waals surface area contributed by atoms with Crippen molar-refractivity contribution in [2.45, 2.75) is 32.4 Å². The predicted molar refractivity (Wildman–Crippen MR) is 44.0 cm³/mol. The molecule has 1 aliphatic rings. The fraction of sp³-hybridized carbons (Fsp3) is 0.625. The molecule has 0 spiro atoms. The van der Waals surface area contributed by atoms with Gasteiger partial charge in [-0.15, -0.1) is 0 Å². The molecule has 0 radical (unpaired) electrons. The molecule has 11 heavy (non-hydrogen) atoms. The van der Waals surface area contributed by atoms with E-state index in [0.717, 1.165) is 12.0 Å². The summed E-state index contributed by atoms with van der Waals surface area (Å²) < 4.78 is 0. The molecule has 0 aromatic carbocycles. The SMILES string of the molecule is C/C=C(/C)C(=O)NC1CC1N. The summed E-state index contributed by atoms with van der Waals surface area (Å²) in [7, 11) is 0. The van der Waals surface area contributed by atoms with Crippen LogP contribution in [-0.2, 0) is 4.79 Å². The van der Waals surface area contributed by atoms with Crippen LogP contribution in [0, 0.1) is 0 Å². The predicted octanol–water partition coefficient (Wildman–Crippen LogP) is 0.168. The van der Waals surface area contributed by atoms with E-state index in [-0.39, 0.29) is 18.0 Å². The van der Waals surface area contributed by atoms with Gasteiger partial charge in [0.25, 0.3) is 0 Å². The Bertz CT molecular complexity index is 198. The van der Waals surface area contributed by atoms with Crippen LogP contribution in [0.2, 0.25) is 0 Å². The third kappa shape index (κ3) is 2.05. The molecule has 0 bridgehead atoms. The van der Waals surface area contributed by atoms with Crippen molar-refractivity contribution in [1.82, 2.24) is 5.32 Å². The summed E-state index contributed by atoms with van der Waals surface area (Å²) in [4.78, 5) is 11.1. The molecule has 2 unspecified atom stereocenters. The van der Waals surface area contributed by atoms with E-state index in [2.05, 4.69) is 5.32 Å². The van der Waals surface area contributed by atoms with Gasteiger partial charge in [-0.1, -0.05) is 6.08 Å². The summed E-state index contributed by atoms with van der Waals surface area (Å²) in [5.41, 5.74) is 6.28. The van der Waals surface area contributed by atoms with Gasteiger partial charge in [-0.05, 0) is 20.3 Å². The Labute approximate surface area is 66.6 Å². The molecule has 1 fully saturated rings. The Morgan fingerprint density at radius 1 is 1.73 bits per heavy atom. The second-order valence-electron chi connectivity index (χ2n) is 2.95. The van der Waals surface area contributed by atoms with Crippen molar-refractivity contribution in [2.75, 3.05) is 0 Å². The first-order chi connectivity index (χ1) is 5.15. The number of hydrogen-bond acceptors (Lipinski definition) is 2. The summed E-state index contributed by atoms with van der Waals surface area (Å²) in [6, 6.07) is 0.404. The van der Waals surface area contributed by atoms with Gasteiger partial charge in [0.05, 0.1) is 0 Å². The van der Waals surface area contributed by atoms with Crippen molar-refractivity contribution in [3.63, 3.8) is 0 Å². The lowest BCUT2D eigenvalue weighted by Gasteiger charge is -2.01. The summed E-state index contributed by atoms with van der Waals surface area (Å²) in [6.45, 7) is 3.64. The molecule has 1 amide bonds. The minimum absolute atomic E-state index is 0.00505. The highest BCUT2D eigenvalue weighted by Crippen LogP contribution is 2.17. The van der Waals surface area contributed by atoms with Crippen molar-refractivity contribution in [3.05, 3.63) is 11.6 Å². The molecule has 0 aromatic heterocycles. The standard InChI is InChI=1S/C8H14N2O/c1-3-5(2)8(11)10-7-4-6(7)9/h3,6-7H,4,9H2,1-2H3,(H,10,11)/b5-3-. The zero-order valence-corrected chi connectivity index (χ0v) is 6.92. The molecule has 3 N–H and O–H groups in total. The molecule has 1 rings (SSSR count). The van der Waals surface area contributed by atoms with Crippen LogP contribution in [0.1, 0.15) is 20.3 Å². The van der Waals surface area contributed by atoms with Crippen LogP contribution in [-0.4, -0.2) is 18.0 Å². The van der Waals surface area contributed by atoms with E-state index in [1.165, 1.54) is 0 Å². The number of nitrogens with two attached hydrogens (primary N) is 1. The van der Waals surface area contributed by atoms with E-state index in [1.54, 1.807) is 13.0 Å². The van der Waals surface area contributed by atoms with Gasteiger partial charge in [-0.25, -0.2) is 0 Å². The Hall–Kier alpha value is -0.830. The summed E-state index contributed by atoms with van der Waals surface area (Å²) in [5.74, 6) is 0.00505. The summed E-state index contributed by atoms with van der Waals surface area (Å²) >= 11 is 0. The number of allylic oxidation sites excluding steroid dienone is 1. The third-order valence-electron chi connectivity index (χ3n) is 1.95. The average Bonchev–Trinajstić information content (AvgIpc) is 2.65. The Morgan fingerprint density at radius 2 is 2.27 bits per heavy atom. The number of nitrogens with one attached hydrogen (secondary N) is 1. The van der Waals surface area contributed by atoms with Gasteiger partial charge in [0.15, 0.2) is 0 Å². The van der Waals surface area contributed by atoms with E-state index in [0.29, 0.717) is 0 Å². The Morgan fingerprint density at radius 3 is 2.64 bits per heavy atom. The van der Waals surface area contributed by atoms with Gasteiger partial charge >= 0.3 is 0 Å². The van der Waals surface area contributed by atoms with Crippen LogP contribution in [0.25, 0.3) is 0 Å². The van der Waals surface area contributed by atoms with E-state index in [4.69, 9.17) is 5.73 Å². The molecule has 62 valence electrons. The van der Waals surface area contributed by atoms with E-state index < -0.39 is 0 Å². The molecular formula is C8H14N2O. The average molecular weight is 154 g/mol. The lowest BCUT2D eigenvalue weighted by Crippen LogP contribution is -2.30. The fourth-order valence-electron chi connectivity index (χ4n) is 0.794. The van der Waals surface area contributed by atoms with Gasteiger partial charge in [-0.2, -0.15) is 0 Å². The second-order valence-corrected chi connectivity index (χ2v) is 2.95. The monoisotopic (exact) mass is 154 g/mol.